The maximum absolute atomic E-state index is 14.2. The maximum atomic E-state index is 14.2. The summed E-state index contributed by atoms with van der Waals surface area (Å²) < 4.78 is 60.7. The zero-order chi connectivity index (χ0) is 34.7. The lowest BCUT2D eigenvalue weighted by atomic mass is 9.94. The minimum atomic E-state index is -4.24. The van der Waals surface area contributed by atoms with E-state index in [2.05, 4.69) is 16.2 Å². The van der Waals surface area contributed by atoms with Crippen molar-refractivity contribution in [3.8, 4) is 6.07 Å². The Kier molecular flexibility index (Phi) is 10.2. The molecule has 2 aromatic rings. The number of ether oxygens (including phenoxy) is 1. The molecular weight excluding hydrogens is 638 g/mol. The maximum Gasteiger partial charge on any atom is 0.408 e. The number of piperidine rings is 1. The van der Waals surface area contributed by atoms with Gasteiger partial charge in [-0.05, 0) is 63.2 Å². The predicted molar refractivity (Wildman–Crippen MR) is 165 cm³/mol. The number of rotatable bonds is 6. The number of sulfone groups is 1. The number of nitrogens with one attached hydrogen (secondary N) is 3. The Hall–Kier alpha value is -4.62. The third-order valence-electron chi connectivity index (χ3n) is 7.51. The third-order valence-corrected chi connectivity index (χ3v) is 9.30. The molecule has 0 radical (unpaired) electrons. The molecule has 0 saturated carbocycles. The van der Waals surface area contributed by atoms with Crippen molar-refractivity contribution in [3.05, 3.63) is 59.2 Å². The van der Waals surface area contributed by atoms with Crippen LogP contribution in [0.4, 0.5) is 19.3 Å². The molecule has 1 unspecified atom stereocenters. The van der Waals surface area contributed by atoms with Gasteiger partial charge < -0.3 is 15.0 Å². The van der Waals surface area contributed by atoms with E-state index >= 15 is 0 Å². The minimum absolute atomic E-state index is 0.0788. The molecule has 3 N–H and O–H groups in total. The molecule has 252 valence electrons. The smallest absolute Gasteiger partial charge is 0.408 e. The van der Waals surface area contributed by atoms with Gasteiger partial charge in [0.2, 0.25) is 5.91 Å². The number of alkyl carbamates (subject to hydrolysis) is 1. The van der Waals surface area contributed by atoms with Crippen molar-refractivity contribution in [2.24, 2.45) is 5.92 Å². The highest BCUT2D eigenvalue weighted by Crippen LogP contribution is 2.33. The Balaban J connectivity index is 1.64. The Morgan fingerprint density at radius 1 is 1.11 bits per heavy atom. The van der Waals surface area contributed by atoms with Crippen LogP contribution in [0.3, 0.4) is 0 Å². The number of nitrogens with zero attached hydrogens (tertiary/aromatic N) is 3. The van der Waals surface area contributed by atoms with Crippen LogP contribution < -0.4 is 21.1 Å². The van der Waals surface area contributed by atoms with E-state index in [1.807, 2.05) is 6.07 Å². The molecule has 1 saturated heterocycles. The van der Waals surface area contributed by atoms with E-state index in [1.54, 1.807) is 39.8 Å². The second-order valence-corrected chi connectivity index (χ2v) is 14.4. The summed E-state index contributed by atoms with van der Waals surface area (Å²) in [6.07, 6.45) is -1.70. The number of carbonyl (C=O) groups is 4. The third kappa shape index (κ3) is 8.80. The highest BCUT2D eigenvalue weighted by Gasteiger charge is 2.43. The van der Waals surface area contributed by atoms with Crippen LogP contribution in [0, 0.1) is 17.2 Å². The molecule has 13 nitrogen and oxygen atoms in total. The lowest BCUT2D eigenvalue weighted by Crippen LogP contribution is -2.53. The van der Waals surface area contributed by atoms with Gasteiger partial charge in [0, 0.05) is 18.5 Å². The summed E-state index contributed by atoms with van der Waals surface area (Å²) in [6.45, 7) is 6.22. The van der Waals surface area contributed by atoms with Gasteiger partial charge in [0.25, 0.3) is 17.7 Å². The van der Waals surface area contributed by atoms with Crippen LogP contribution in [-0.4, -0.2) is 80.1 Å². The quantitative estimate of drug-likeness (QED) is 0.389. The molecule has 4 amide bonds. The molecule has 2 heterocycles. The van der Waals surface area contributed by atoms with E-state index in [1.165, 1.54) is 23.1 Å². The highest BCUT2D eigenvalue weighted by molar-refractivity contribution is 7.91. The second-order valence-electron chi connectivity index (χ2n) is 12.4. The summed E-state index contributed by atoms with van der Waals surface area (Å²) in [7, 11) is -4.24. The van der Waals surface area contributed by atoms with Crippen molar-refractivity contribution in [2.45, 2.75) is 63.1 Å². The number of benzene rings is 2. The Morgan fingerprint density at radius 3 is 2.40 bits per heavy atom. The summed E-state index contributed by atoms with van der Waals surface area (Å²) in [4.78, 5) is 54.6. The monoisotopic (exact) mass is 674 g/mol. The molecular formula is C31H36F2N6O7S. The van der Waals surface area contributed by atoms with Crippen LogP contribution in [0.25, 0.3) is 0 Å². The first-order valence-electron chi connectivity index (χ1n) is 14.8. The van der Waals surface area contributed by atoms with Gasteiger partial charge in [-0.25, -0.2) is 22.0 Å². The van der Waals surface area contributed by atoms with Gasteiger partial charge in [-0.2, -0.15) is 5.26 Å². The van der Waals surface area contributed by atoms with Crippen LogP contribution in [0.15, 0.2) is 47.4 Å². The fraction of sp³-hybridized carbons (Fsp3) is 0.452. The van der Waals surface area contributed by atoms with Crippen molar-refractivity contribution in [1.82, 2.24) is 21.1 Å². The average molecular weight is 675 g/mol. The van der Waals surface area contributed by atoms with E-state index in [-0.39, 0.29) is 29.2 Å². The summed E-state index contributed by atoms with van der Waals surface area (Å²) in [5, 5.41) is 11.5. The largest absolute Gasteiger partial charge is 0.444 e. The van der Waals surface area contributed by atoms with Gasteiger partial charge in [-0.1, -0.05) is 19.1 Å². The van der Waals surface area contributed by atoms with Crippen LogP contribution in [0.1, 0.15) is 55.6 Å². The van der Waals surface area contributed by atoms with Crippen molar-refractivity contribution >= 4 is 39.3 Å². The average Bonchev–Trinajstić information content (AvgIpc) is 3.06. The van der Waals surface area contributed by atoms with Crippen molar-refractivity contribution in [2.75, 3.05) is 30.3 Å². The summed E-state index contributed by atoms with van der Waals surface area (Å²) in [5.41, 5.74) is 3.96. The lowest BCUT2D eigenvalue weighted by Gasteiger charge is -2.36. The van der Waals surface area contributed by atoms with E-state index in [4.69, 9.17) is 10.00 Å². The van der Waals surface area contributed by atoms with Crippen LogP contribution in [0.5, 0.6) is 0 Å². The lowest BCUT2D eigenvalue weighted by molar-refractivity contribution is -0.137. The zero-order valence-corrected chi connectivity index (χ0v) is 27.1. The summed E-state index contributed by atoms with van der Waals surface area (Å²) in [5.74, 6) is -7.50. The van der Waals surface area contributed by atoms with Crippen molar-refractivity contribution < 1.29 is 41.1 Å². The second kappa shape index (κ2) is 13.6. The molecule has 0 bridgehead atoms. The number of nitriles is 1. The Morgan fingerprint density at radius 2 is 1.79 bits per heavy atom. The number of likely N-dealkylation sites (tertiary alicyclic amines) is 1. The van der Waals surface area contributed by atoms with Gasteiger partial charge in [-0.15, -0.1) is 0 Å². The van der Waals surface area contributed by atoms with Gasteiger partial charge in [-0.3, -0.25) is 30.1 Å². The number of fused-ring (bicyclic) bond motifs is 1. The first kappa shape index (κ1) is 35.2. The number of anilines is 1. The molecule has 16 heteroatoms. The molecule has 0 aliphatic carbocycles. The van der Waals surface area contributed by atoms with Gasteiger partial charge in [0.05, 0.1) is 47.0 Å². The number of hydrogen-bond acceptors (Lipinski definition) is 9. The number of halogens is 2. The summed E-state index contributed by atoms with van der Waals surface area (Å²) in [6, 6.07) is 10.1. The standard InChI is InChI=1S/C31H36F2N6O7S/c1-5-38-16-22(13-31(32,33)18-38)27(41)37-36-26(40)21-10-11-25-24(12-21)39(15-20-8-6-19(14-34)7-9-20)28(42)23(17-47(25,44)45)35-29(43)46-30(2,3)4/h6-12,22-23H,5,13,15-18H2,1-4H3,(H,35,43)(H,36,40)(H,37,41)/t22?,23-/m0/s1. The number of hydrogen-bond donors (Lipinski definition) is 3. The van der Waals surface area contributed by atoms with Crippen LogP contribution in [-0.2, 0) is 30.7 Å². The molecule has 2 aromatic carbocycles. The van der Waals surface area contributed by atoms with Gasteiger partial charge in [0.15, 0.2) is 9.84 Å². The highest BCUT2D eigenvalue weighted by atomic mass is 32.2. The minimum Gasteiger partial charge on any atom is -0.444 e. The van der Waals surface area contributed by atoms with Crippen LogP contribution >= 0.6 is 0 Å². The van der Waals surface area contributed by atoms with E-state index < -0.39 is 75.9 Å². The van der Waals surface area contributed by atoms with E-state index in [0.29, 0.717) is 17.7 Å². The van der Waals surface area contributed by atoms with E-state index in [9.17, 15) is 36.4 Å². The molecule has 47 heavy (non-hydrogen) atoms. The molecule has 0 spiro atoms. The number of amides is 4. The number of alkyl halides is 2. The molecule has 4 rings (SSSR count). The van der Waals surface area contributed by atoms with E-state index in [0.717, 1.165) is 17.0 Å². The fourth-order valence-electron chi connectivity index (χ4n) is 5.31. The topological polar surface area (TPSA) is 178 Å². The van der Waals surface area contributed by atoms with Crippen LogP contribution in [0.2, 0.25) is 0 Å². The first-order valence-corrected chi connectivity index (χ1v) is 16.4. The SMILES string of the molecule is CCN1CC(C(=O)NNC(=O)c2ccc3c(c2)N(Cc2ccc(C#N)cc2)C(=O)[C@@H](NC(=O)OC(C)(C)C)CS3(=O)=O)CC(F)(F)C1. The Bertz CT molecular complexity index is 1700. The fourth-order valence-corrected chi connectivity index (χ4v) is 6.91. The molecule has 2 aliphatic rings. The number of carbonyl (C=O) groups excluding carboxylic acids is 4. The van der Waals surface area contributed by atoms with Crippen molar-refractivity contribution in [1.29, 1.82) is 5.26 Å². The zero-order valence-electron chi connectivity index (χ0n) is 26.3. The first-order chi connectivity index (χ1) is 21.9. The molecule has 0 aromatic heterocycles. The molecule has 1 fully saturated rings. The molecule has 2 atom stereocenters. The van der Waals surface area contributed by atoms with Crippen molar-refractivity contribution in [3.63, 3.8) is 0 Å². The van der Waals surface area contributed by atoms with Gasteiger partial charge >= 0.3 is 6.09 Å². The Labute approximate surface area is 271 Å². The molecule has 2 aliphatic heterocycles. The predicted octanol–water partition coefficient (Wildman–Crippen LogP) is 2.51. The number of hydrazine groups is 1. The summed E-state index contributed by atoms with van der Waals surface area (Å²) >= 11 is 0. The van der Waals surface area contributed by atoms with Gasteiger partial charge in [0.1, 0.15) is 11.6 Å². The normalized spacial score (nSPS) is 20.6.